The van der Waals surface area contributed by atoms with Crippen LogP contribution >= 0.6 is 0 Å². The number of rotatable bonds is 12. The van der Waals surface area contributed by atoms with Crippen molar-refractivity contribution in [1.29, 1.82) is 0 Å². The van der Waals surface area contributed by atoms with Crippen LogP contribution in [0.2, 0.25) is 0 Å². The van der Waals surface area contributed by atoms with Crippen molar-refractivity contribution in [2.45, 2.75) is 46.7 Å². The number of amides is 2. The number of nitro benzene ring substituents is 1. The molecule has 2 amide bonds. The Labute approximate surface area is 212 Å². The van der Waals surface area contributed by atoms with Gasteiger partial charge in [-0.25, -0.2) is 8.42 Å². The molecular weight excluding hydrogens is 484 g/mol. The average molecular weight is 519 g/mol. The molecule has 2 aromatic carbocycles. The van der Waals surface area contributed by atoms with Gasteiger partial charge in [-0.1, -0.05) is 56.7 Å². The van der Waals surface area contributed by atoms with Gasteiger partial charge in [-0.05, 0) is 30.9 Å². The molecule has 2 aromatic rings. The Hall–Kier alpha value is -3.47. The van der Waals surface area contributed by atoms with Crippen molar-refractivity contribution in [3.8, 4) is 0 Å². The quantitative estimate of drug-likeness (QED) is 0.339. The van der Waals surface area contributed by atoms with Gasteiger partial charge in [0, 0.05) is 25.2 Å². The van der Waals surface area contributed by atoms with Gasteiger partial charge in [0.2, 0.25) is 21.8 Å². The summed E-state index contributed by atoms with van der Waals surface area (Å²) in [5.74, 6) is -0.714. The summed E-state index contributed by atoms with van der Waals surface area (Å²) in [4.78, 5) is 38.6. The summed E-state index contributed by atoms with van der Waals surface area (Å²) < 4.78 is 26.1. The molecule has 1 N–H and O–H groups in total. The number of aryl methyl sites for hydroxylation is 1. The molecule has 0 spiro atoms. The van der Waals surface area contributed by atoms with Crippen LogP contribution in [0, 0.1) is 23.0 Å². The van der Waals surface area contributed by atoms with E-state index in [1.165, 1.54) is 23.1 Å². The van der Waals surface area contributed by atoms with Crippen LogP contribution in [0.4, 0.5) is 11.4 Å². The third kappa shape index (κ3) is 8.04. The summed E-state index contributed by atoms with van der Waals surface area (Å²) in [6, 6.07) is 11.7. The van der Waals surface area contributed by atoms with Gasteiger partial charge in [0.25, 0.3) is 5.69 Å². The zero-order valence-electron chi connectivity index (χ0n) is 21.3. The van der Waals surface area contributed by atoms with Crippen LogP contribution in [0.25, 0.3) is 0 Å². The first-order valence-corrected chi connectivity index (χ1v) is 13.5. The molecular formula is C25H34N4O6S. The lowest BCUT2D eigenvalue weighted by atomic mass is 10.1. The lowest BCUT2D eigenvalue weighted by molar-refractivity contribution is -0.384. The maximum atomic E-state index is 13.6. The first kappa shape index (κ1) is 28.8. The van der Waals surface area contributed by atoms with Crippen LogP contribution in [0.3, 0.4) is 0 Å². The van der Waals surface area contributed by atoms with Gasteiger partial charge in [0.1, 0.15) is 12.6 Å². The molecule has 0 aliphatic carbocycles. The maximum Gasteiger partial charge on any atom is 0.271 e. The van der Waals surface area contributed by atoms with Gasteiger partial charge in [0.15, 0.2) is 0 Å². The molecule has 11 heteroatoms. The van der Waals surface area contributed by atoms with Crippen molar-refractivity contribution in [3.05, 3.63) is 69.8 Å². The number of carbonyl (C=O) groups is 2. The van der Waals surface area contributed by atoms with Crippen molar-refractivity contribution in [1.82, 2.24) is 10.2 Å². The molecule has 0 aliphatic heterocycles. The smallest absolute Gasteiger partial charge is 0.271 e. The minimum absolute atomic E-state index is 0.00681. The molecule has 0 aromatic heterocycles. The SMILES string of the molecule is CC[C@H](C(=O)NCC(C)C)N(Cc1ccc(C)cc1)C(=O)CN(c1cccc([N+](=O)[O-])c1)S(C)(=O)=O. The highest BCUT2D eigenvalue weighted by molar-refractivity contribution is 7.92. The number of nitrogens with zero attached hydrogens (tertiary/aromatic N) is 3. The van der Waals surface area contributed by atoms with Gasteiger partial charge in [-0.2, -0.15) is 0 Å². The second kappa shape index (κ2) is 12.5. The third-order valence-corrected chi connectivity index (χ3v) is 6.69. The minimum atomic E-state index is -3.98. The van der Waals surface area contributed by atoms with Gasteiger partial charge < -0.3 is 10.2 Å². The molecule has 36 heavy (non-hydrogen) atoms. The summed E-state index contributed by atoms with van der Waals surface area (Å²) in [5.41, 5.74) is 1.51. The zero-order valence-corrected chi connectivity index (χ0v) is 22.1. The fourth-order valence-electron chi connectivity index (χ4n) is 3.61. The standard InChI is InChI=1S/C25H34N4O6S/c1-6-23(25(31)26-15-18(2)3)27(16-20-12-10-19(4)11-13-20)24(30)17-28(36(5,34)35)21-8-7-9-22(14-21)29(32)33/h7-14,18,23H,6,15-17H2,1-5H3,(H,26,31)/t23-/m1/s1. The highest BCUT2D eigenvalue weighted by Crippen LogP contribution is 2.24. The monoisotopic (exact) mass is 518 g/mol. The van der Waals surface area contributed by atoms with Crippen LogP contribution in [0.5, 0.6) is 0 Å². The van der Waals surface area contributed by atoms with Crippen LogP contribution in [-0.4, -0.2) is 55.4 Å². The molecule has 0 unspecified atom stereocenters. The van der Waals surface area contributed by atoms with Crippen molar-refractivity contribution in [2.24, 2.45) is 5.92 Å². The fourth-order valence-corrected chi connectivity index (χ4v) is 4.45. The van der Waals surface area contributed by atoms with Gasteiger partial charge >= 0.3 is 0 Å². The van der Waals surface area contributed by atoms with Gasteiger partial charge in [-0.15, -0.1) is 0 Å². The predicted molar refractivity (Wildman–Crippen MR) is 139 cm³/mol. The van der Waals surface area contributed by atoms with Crippen LogP contribution < -0.4 is 9.62 Å². The molecule has 10 nitrogen and oxygen atoms in total. The Morgan fingerprint density at radius 1 is 1.11 bits per heavy atom. The van der Waals surface area contributed by atoms with E-state index in [0.29, 0.717) is 13.0 Å². The Balaban J connectivity index is 2.45. The van der Waals surface area contributed by atoms with E-state index >= 15 is 0 Å². The molecule has 0 saturated heterocycles. The largest absolute Gasteiger partial charge is 0.354 e. The lowest BCUT2D eigenvalue weighted by Crippen LogP contribution is -2.52. The molecule has 196 valence electrons. The number of hydrogen-bond donors (Lipinski definition) is 1. The zero-order chi connectivity index (χ0) is 27.0. The first-order valence-electron chi connectivity index (χ1n) is 11.7. The molecule has 1 atom stereocenters. The van der Waals surface area contributed by atoms with Crippen LogP contribution in [0.1, 0.15) is 38.3 Å². The topological polar surface area (TPSA) is 130 Å². The predicted octanol–water partition coefficient (Wildman–Crippen LogP) is 3.25. The number of nitrogens with one attached hydrogen (secondary N) is 1. The van der Waals surface area contributed by atoms with Gasteiger partial charge in [0.05, 0.1) is 16.9 Å². The van der Waals surface area contributed by atoms with Crippen molar-refractivity contribution in [2.75, 3.05) is 23.7 Å². The maximum absolute atomic E-state index is 13.6. The Bertz CT molecular complexity index is 1180. The Morgan fingerprint density at radius 2 is 1.75 bits per heavy atom. The molecule has 0 heterocycles. The van der Waals surface area contributed by atoms with E-state index in [0.717, 1.165) is 27.8 Å². The van der Waals surface area contributed by atoms with E-state index in [9.17, 15) is 28.1 Å². The molecule has 0 aliphatic rings. The van der Waals surface area contributed by atoms with E-state index in [4.69, 9.17) is 0 Å². The minimum Gasteiger partial charge on any atom is -0.354 e. The normalized spacial score (nSPS) is 12.2. The number of sulfonamides is 1. The number of carbonyl (C=O) groups excluding carboxylic acids is 2. The molecule has 0 bridgehead atoms. The summed E-state index contributed by atoms with van der Waals surface area (Å²) in [5, 5.41) is 14.1. The van der Waals surface area contributed by atoms with E-state index in [1.54, 1.807) is 6.92 Å². The fraction of sp³-hybridized carbons (Fsp3) is 0.440. The number of non-ortho nitro benzene ring substituents is 1. The molecule has 0 fully saturated rings. The number of benzene rings is 2. The molecule has 0 saturated carbocycles. The summed E-state index contributed by atoms with van der Waals surface area (Å²) in [6.45, 7) is 7.55. The van der Waals surface area contributed by atoms with Gasteiger partial charge in [-0.3, -0.25) is 24.0 Å². The number of anilines is 1. The second-order valence-corrected chi connectivity index (χ2v) is 11.0. The highest BCUT2D eigenvalue weighted by Gasteiger charge is 2.32. The van der Waals surface area contributed by atoms with E-state index < -0.39 is 33.4 Å². The van der Waals surface area contributed by atoms with E-state index in [-0.39, 0.29) is 29.7 Å². The van der Waals surface area contributed by atoms with Crippen LogP contribution in [0.15, 0.2) is 48.5 Å². The summed E-state index contributed by atoms with van der Waals surface area (Å²) in [7, 11) is -3.98. The summed E-state index contributed by atoms with van der Waals surface area (Å²) in [6.07, 6.45) is 1.24. The highest BCUT2D eigenvalue weighted by atomic mass is 32.2. The average Bonchev–Trinajstić information content (AvgIpc) is 2.81. The van der Waals surface area contributed by atoms with E-state index in [2.05, 4.69) is 5.32 Å². The molecule has 2 rings (SSSR count). The number of nitro groups is 1. The third-order valence-electron chi connectivity index (χ3n) is 5.55. The lowest BCUT2D eigenvalue weighted by Gasteiger charge is -2.33. The first-order chi connectivity index (χ1) is 16.8. The van der Waals surface area contributed by atoms with E-state index in [1.807, 2.05) is 45.0 Å². The molecule has 0 radical (unpaired) electrons. The van der Waals surface area contributed by atoms with Crippen molar-refractivity contribution < 1.29 is 22.9 Å². The Morgan fingerprint density at radius 3 is 2.28 bits per heavy atom. The Kier molecular flexibility index (Phi) is 9.97. The second-order valence-electron chi connectivity index (χ2n) is 9.12. The van der Waals surface area contributed by atoms with Crippen molar-refractivity contribution in [3.63, 3.8) is 0 Å². The van der Waals surface area contributed by atoms with Crippen molar-refractivity contribution >= 4 is 33.2 Å². The number of hydrogen-bond acceptors (Lipinski definition) is 6. The van der Waals surface area contributed by atoms with Crippen LogP contribution in [-0.2, 0) is 26.2 Å². The summed E-state index contributed by atoms with van der Waals surface area (Å²) >= 11 is 0.